The number of rotatable bonds is 5. The molecule has 0 amide bonds. The lowest BCUT2D eigenvalue weighted by atomic mass is 10.1. The van der Waals surface area contributed by atoms with Crippen molar-refractivity contribution < 1.29 is 4.79 Å². The van der Waals surface area contributed by atoms with Crippen molar-refractivity contribution in [3.05, 3.63) is 35.4 Å². The zero-order chi connectivity index (χ0) is 13.8. The first-order valence-electron chi connectivity index (χ1n) is 6.08. The maximum absolute atomic E-state index is 12.2. The Morgan fingerprint density at radius 3 is 2.63 bits per heavy atom. The van der Waals surface area contributed by atoms with Crippen LogP contribution in [0.25, 0.3) is 0 Å². The van der Waals surface area contributed by atoms with Crippen molar-refractivity contribution in [3.63, 3.8) is 0 Å². The molecule has 6 heteroatoms. The predicted molar refractivity (Wildman–Crippen MR) is 76.3 cm³/mol. The van der Waals surface area contributed by atoms with Gasteiger partial charge in [-0.1, -0.05) is 43.0 Å². The van der Waals surface area contributed by atoms with Gasteiger partial charge in [0.2, 0.25) is 11.1 Å². The number of ketones is 1. The Morgan fingerprint density at radius 2 is 2.11 bits per heavy atom. The van der Waals surface area contributed by atoms with Gasteiger partial charge in [0.1, 0.15) is 0 Å². The maximum Gasteiger partial charge on any atom is 0.216 e. The number of H-pyrrole nitrogens is 1. The molecule has 0 aliphatic heterocycles. The number of thioether (sulfide) groups is 1. The van der Waals surface area contributed by atoms with Gasteiger partial charge in [-0.25, -0.2) is 5.10 Å². The number of nitrogens with zero attached hydrogens (tertiary/aromatic N) is 2. The average molecular weight is 276 g/mol. The number of benzene rings is 1. The van der Waals surface area contributed by atoms with E-state index in [9.17, 15) is 4.79 Å². The van der Waals surface area contributed by atoms with Crippen molar-refractivity contribution in [2.24, 2.45) is 0 Å². The monoisotopic (exact) mass is 276 g/mol. The van der Waals surface area contributed by atoms with Crippen molar-refractivity contribution in [3.8, 4) is 0 Å². The number of hydrogen-bond acceptors (Lipinski definition) is 5. The number of anilines is 1. The van der Waals surface area contributed by atoms with E-state index in [1.165, 1.54) is 17.3 Å². The number of hydrogen-bond donors (Lipinski definition) is 2. The number of aromatic nitrogens is 3. The van der Waals surface area contributed by atoms with Crippen LogP contribution >= 0.6 is 11.8 Å². The van der Waals surface area contributed by atoms with E-state index in [2.05, 4.69) is 22.1 Å². The molecule has 0 radical (unpaired) electrons. The summed E-state index contributed by atoms with van der Waals surface area (Å²) in [6.45, 7) is 3.93. The summed E-state index contributed by atoms with van der Waals surface area (Å²) in [7, 11) is 0. The minimum atomic E-state index is -0.248. The second kappa shape index (κ2) is 5.88. The summed E-state index contributed by atoms with van der Waals surface area (Å²) in [6.07, 6.45) is 0.968. The van der Waals surface area contributed by atoms with Crippen LogP contribution in [0.2, 0.25) is 0 Å². The second-order valence-electron chi connectivity index (χ2n) is 4.18. The third-order valence-corrected chi connectivity index (χ3v) is 3.74. The van der Waals surface area contributed by atoms with Crippen LogP contribution < -0.4 is 5.73 Å². The number of carbonyl (C=O) groups is 1. The highest BCUT2D eigenvalue weighted by Gasteiger charge is 2.18. The van der Waals surface area contributed by atoms with Gasteiger partial charge in [-0.15, -0.1) is 5.10 Å². The van der Waals surface area contributed by atoms with Crippen LogP contribution in [0.5, 0.6) is 0 Å². The first-order chi connectivity index (χ1) is 9.10. The minimum absolute atomic E-state index is 0.0658. The molecule has 0 bridgehead atoms. The van der Waals surface area contributed by atoms with Crippen molar-refractivity contribution in [1.29, 1.82) is 0 Å². The van der Waals surface area contributed by atoms with E-state index >= 15 is 0 Å². The average Bonchev–Trinajstić information content (AvgIpc) is 2.83. The third kappa shape index (κ3) is 3.35. The molecule has 1 aromatic heterocycles. The van der Waals surface area contributed by atoms with E-state index in [1.54, 1.807) is 0 Å². The van der Waals surface area contributed by atoms with Gasteiger partial charge in [-0.05, 0) is 18.9 Å². The quantitative estimate of drug-likeness (QED) is 0.646. The predicted octanol–water partition coefficient (Wildman–Crippen LogP) is 2.31. The highest BCUT2D eigenvalue weighted by Crippen LogP contribution is 2.22. The first-order valence-corrected chi connectivity index (χ1v) is 6.95. The maximum atomic E-state index is 12.2. The topological polar surface area (TPSA) is 84.7 Å². The van der Waals surface area contributed by atoms with Gasteiger partial charge in [-0.3, -0.25) is 4.79 Å². The number of nitrogen functional groups attached to an aromatic ring is 1. The molecule has 19 heavy (non-hydrogen) atoms. The number of Topliss-reactive ketones (excluding diaryl/α,β-unsaturated/α-hetero) is 1. The summed E-state index contributed by atoms with van der Waals surface area (Å²) < 4.78 is 0. The Morgan fingerprint density at radius 1 is 1.42 bits per heavy atom. The van der Waals surface area contributed by atoms with Crippen LogP contribution in [0, 0.1) is 0 Å². The molecule has 1 heterocycles. The Bertz CT molecular complexity index is 564. The Kier molecular flexibility index (Phi) is 4.21. The fraction of sp³-hybridized carbons (Fsp3) is 0.308. The van der Waals surface area contributed by atoms with E-state index in [4.69, 9.17) is 5.73 Å². The standard InChI is InChI=1S/C13H16N4OS/c1-3-9-4-6-10(7-5-9)11(18)8(2)19-13-15-12(14)16-17-13/h4-8H,3H2,1-2H3,(H3,14,15,16,17). The van der Waals surface area contributed by atoms with Crippen molar-refractivity contribution >= 4 is 23.5 Å². The lowest BCUT2D eigenvalue weighted by molar-refractivity contribution is 0.0994. The molecule has 0 aliphatic rings. The largest absolute Gasteiger partial charge is 0.368 e. The lowest BCUT2D eigenvalue weighted by Gasteiger charge is -2.08. The van der Waals surface area contributed by atoms with E-state index in [0.717, 1.165) is 6.42 Å². The second-order valence-corrected chi connectivity index (χ2v) is 5.49. The summed E-state index contributed by atoms with van der Waals surface area (Å²) >= 11 is 1.29. The molecule has 0 fully saturated rings. The molecule has 0 saturated heterocycles. The molecule has 1 atom stereocenters. The lowest BCUT2D eigenvalue weighted by Crippen LogP contribution is -2.13. The van der Waals surface area contributed by atoms with Crippen molar-refractivity contribution in [2.45, 2.75) is 30.7 Å². The van der Waals surface area contributed by atoms with Gasteiger partial charge in [0.05, 0.1) is 5.25 Å². The number of aromatic amines is 1. The Balaban J connectivity index is 2.05. The van der Waals surface area contributed by atoms with Crippen LogP contribution in [0.4, 0.5) is 5.95 Å². The van der Waals surface area contributed by atoms with Gasteiger partial charge >= 0.3 is 0 Å². The van der Waals surface area contributed by atoms with Gasteiger partial charge in [0.15, 0.2) is 5.78 Å². The number of nitrogens with two attached hydrogens (primary N) is 1. The molecular formula is C13H16N4OS. The fourth-order valence-corrected chi connectivity index (χ4v) is 2.47. The van der Waals surface area contributed by atoms with E-state index in [0.29, 0.717) is 10.7 Å². The van der Waals surface area contributed by atoms with Gasteiger partial charge in [-0.2, -0.15) is 4.98 Å². The van der Waals surface area contributed by atoms with Crippen LogP contribution in [0.1, 0.15) is 29.8 Å². The molecule has 1 unspecified atom stereocenters. The molecule has 0 aliphatic carbocycles. The zero-order valence-corrected chi connectivity index (χ0v) is 11.7. The van der Waals surface area contributed by atoms with E-state index < -0.39 is 0 Å². The minimum Gasteiger partial charge on any atom is -0.368 e. The molecule has 2 aromatic rings. The first kappa shape index (κ1) is 13.6. The summed E-state index contributed by atoms with van der Waals surface area (Å²) in [5.41, 5.74) is 7.38. The smallest absolute Gasteiger partial charge is 0.216 e. The summed E-state index contributed by atoms with van der Waals surface area (Å²) in [5.74, 6) is 0.325. The Hall–Kier alpha value is -1.82. The normalized spacial score (nSPS) is 12.3. The number of aryl methyl sites for hydroxylation is 1. The molecule has 2 rings (SSSR count). The van der Waals surface area contributed by atoms with E-state index in [1.807, 2.05) is 31.2 Å². The van der Waals surface area contributed by atoms with Crippen LogP contribution in [0.3, 0.4) is 0 Å². The van der Waals surface area contributed by atoms with Crippen LogP contribution in [-0.4, -0.2) is 26.2 Å². The molecule has 1 aromatic carbocycles. The zero-order valence-electron chi connectivity index (χ0n) is 10.9. The highest BCUT2D eigenvalue weighted by atomic mass is 32.2. The van der Waals surface area contributed by atoms with Gasteiger partial charge in [0, 0.05) is 5.56 Å². The van der Waals surface area contributed by atoms with Crippen LogP contribution in [0.15, 0.2) is 29.4 Å². The molecule has 100 valence electrons. The van der Waals surface area contributed by atoms with Gasteiger partial charge < -0.3 is 5.73 Å². The van der Waals surface area contributed by atoms with Crippen molar-refractivity contribution in [2.75, 3.05) is 5.73 Å². The molecule has 5 nitrogen and oxygen atoms in total. The molecule has 3 N–H and O–H groups in total. The van der Waals surface area contributed by atoms with Crippen LogP contribution in [-0.2, 0) is 6.42 Å². The molecular weight excluding hydrogens is 260 g/mol. The third-order valence-electron chi connectivity index (χ3n) is 2.78. The number of nitrogens with one attached hydrogen (secondary N) is 1. The number of carbonyl (C=O) groups excluding carboxylic acids is 1. The highest BCUT2D eigenvalue weighted by molar-refractivity contribution is 8.00. The van der Waals surface area contributed by atoms with Gasteiger partial charge in [0.25, 0.3) is 0 Å². The summed E-state index contributed by atoms with van der Waals surface area (Å²) in [5, 5.41) is 6.70. The van der Waals surface area contributed by atoms with E-state index in [-0.39, 0.29) is 17.0 Å². The Labute approximate surface area is 116 Å². The molecule has 0 spiro atoms. The molecule has 0 saturated carbocycles. The summed E-state index contributed by atoms with van der Waals surface area (Å²) in [6, 6.07) is 7.69. The fourth-order valence-electron chi connectivity index (χ4n) is 1.66. The van der Waals surface area contributed by atoms with Crippen molar-refractivity contribution in [1.82, 2.24) is 15.2 Å². The summed E-state index contributed by atoms with van der Waals surface area (Å²) in [4.78, 5) is 16.2. The SMILES string of the molecule is CCc1ccc(C(=O)C(C)Sc2n[nH]c(N)n2)cc1.